The Balaban J connectivity index is 3.20. The van der Waals surface area contributed by atoms with E-state index in [4.69, 9.17) is 9.47 Å². The van der Waals surface area contributed by atoms with E-state index in [-0.39, 0.29) is 6.67 Å². The summed E-state index contributed by atoms with van der Waals surface area (Å²) in [5.74, 6) is 0. The third-order valence-electron chi connectivity index (χ3n) is 5.94. The molecule has 0 bridgehead atoms. The van der Waals surface area contributed by atoms with Gasteiger partial charge in [-0.15, -0.1) is 0 Å². The Morgan fingerprint density at radius 2 is 1.00 bits per heavy atom. The summed E-state index contributed by atoms with van der Waals surface area (Å²) < 4.78 is 23.8. The molecule has 182 valence electrons. The predicted octanol–water partition coefficient (Wildman–Crippen LogP) is 9.20. The van der Waals surface area contributed by atoms with Crippen LogP contribution < -0.4 is 0 Å². The minimum absolute atomic E-state index is 0.136. The fourth-order valence-electron chi connectivity index (χ4n) is 3.92. The minimum Gasteiger partial charge on any atom is -0.379 e. The summed E-state index contributed by atoms with van der Waals surface area (Å²) in [7, 11) is 0. The lowest BCUT2D eigenvalue weighted by Crippen LogP contribution is -2.20. The predicted molar refractivity (Wildman–Crippen MR) is 130 cm³/mol. The first kappa shape index (κ1) is 29.9. The van der Waals surface area contributed by atoms with Gasteiger partial charge in [0.15, 0.2) is 0 Å². The van der Waals surface area contributed by atoms with E-state index in [0.29, 0.717) is 6.10 Å². The van der Waals surface area contributed by atoms with Gasteiger partial charge in [-0.2, -0.15) is 0 Å². The lowest BCUT2D eigenvalue weighted by molar-refractivity contribution is -0.0223. The SMILES string of the molecule is CCCCOC(CCC)COCCCCCCCCCCCCCCCCCCF. The Morgan fingerprint density at radius 3 is 1.43 bits per heavy atom. The summed E-state index contributed by atoms with van der Waals surface area (Å²) >= 11 is 0. The molecule has 0 spiro atoms. The first-order valence-corrected chi connectivity index (χ1v) is 13.6. The molecule has 0 aromatic carbocycles. The van der Waals surface area contributed by atoms with Gasteiger partial charge < -0.3 is 9.47 Å². The van der Waals surface area contributed by atoms with Gasteiger partial charge in [0.1, 0.15) is 0 Å². The molecule has 0 aliphatic carbocycles. The van der Waals surface area contributed by atoms with Crippen LogP contribution >= 0.6 is 0 Å². The first-order chi connectivity index (χ1) is 14.8. The van der Waals surface area contributed by atoms with Crippen molar-refractivity contribution in [2.75, 3.05) is 26.5 Å². The summed E-state index contributed by atoms with van der Waals surface area (Å²) in [5.41, 5.74) is 0. The number of hydrogen-bond donors (Lipinski definition) is 0. The molecule has 0 heterocycles. The zero-order valence-electron chi connectivity index (χ0n) is 20.7. The van der Waals surface area contributed by atoms with Crippen molar-refractivity contribution in [3.8, 4) is 0 Å². The number of ether oxygens (including phenoxy) is 2. The largest absolute Gasteiger partial charge is 0.379 e. The summed E-state index contributed by atoms with van der Waals surface area (Å²) in [4.78, 5) is 0. The molecule has 0 aromatic heterocycles. The monoisotopic (exact) mass is 430 g/mol. The Bertz CT molecular complexity index is 299. The van der Waals surface area contributed by atoms with E-state index in [2.05, 4.69) is 13.8 Å². The highest BCUT2D eigenvalue weighted by molar-refractivity contribution is 4.56. The molecule has 0 aromatic rings. The summed E-state index contributed by atoms with van der Waals surface area (Å²) in [6, 6.07) is 0. The van der Waals surface area contributed by atoms with Crippen molar-refractivity contribution in [3.05, 3.63) is 0 Å². The molecule has 0 aliphatic rings. The number of rotatable bonds is 26. The fourth-order valence-corrected chi connectivity index (χ4v) is 3.92. The third-order valence-corrected chi connectivity index (χ3v) is 5.94. The zero-order valence-corrected chi connectivity index (χ0v) is 20.7. The van der Waals surface area contributed by atoms with Gasteiger partial charge in [-0.05, 0) is 25.7 Å². The molecule has 3 heteroatoms. The second-order valence-electron chi connectivity index (χ2n) is 9.06. The van der Waals surface area contributed by atoms with Crippen LogP contribution in [0.1, 0.15) is 142 Å². The Hall–Kier alpha value is -0.150. The van der Waals surface area contributed by atoms with Crippen molar-refractivity contribution in [2.24, 2.45) is 0 Å². The Morgan fingerprint density at radius 1 is 0.533 bits per heavy atom. The fraction of sp³-hybridized carbons (Fsp3) is 1.00. The van der Waals surface area contributed by atoms with Crippen molar-refractivity contribution >= 4 is 0 Å². The molecule has 0 saturated carbocycles. The van der Waals surface area contributed by atoms with Gasteiger partial charge in [0, 0.05) is 13.2 Å². The standard InChI is InChI=1S/C27H55FO2/c1-3-5-25-30-27(22-4-2)26-29-24-21-19-17-15-13-11-9-7-6-8-10-12-14-16-18-20-23-28/h27H,3-26H2,1-2H3. The molecule has 0 aliphatic heterocycles. The van der Waals surface area contributed by atoms with Crippen LogP contribution in [0.15, 0.2) is 0 Å². The van der Waals surface area contributed by atoms with Crippen molar-refractivity contribution < 1.29 is 13.9 Å². The van der Waals surface area contributed by atoms with Gasteiger partial charge >= 0.3 is 0 Å². The topological polar surface area (TPSA) is 18.5 Å². The van der Waals surface area contributed by atoms with Gasteiger partial charge in [-0.1, -0.05) is 117 Å². The highest BCUT2D eigenvalue weighted by atomic mass is 19.1. The molecule has 0 amide bonds. The molecule has 0 fully saturated rings. The van der Waals surface area contributed by atoms with E-state index in [1.165, 1.54) is 103 Å². The molecule has 1 atom stereocenters. The van der Waals surface area contributed by atoms with Crippen molar-refractivity contribution in [3.63, 3.8) is 0 Å². The van der Waals surface area contributed by atoms with Gasteiger partial charge in [0.25, 0.3) is 0 Å². The van der Waals surface area contributed by atoms with Crippen molar-refractivity contribution in [1.82, 2.24) is 0 Å². The molecular weight excluding hydrogens is 375 g/mol. The van der Waals surface area contributed by atoms with Crippen molar-refractivity contribution in [2.45, 2.75) is 148 Å². The van der Waals surface area contributed by atoms with Crippen molar-refractivity contribution in [1.29, 1.82) is 0 Å². The van der Waals surface area contributed by atoms with E-state index in [1.54, 1.807) is 0 Å². The van der Waals surface area contributed by atoms with Crippen LogP contribution in [0.2, 0.25) is 0 Å². The van der Waals surface area contributed by atoms with Gasteiger partial charge in [-0.25, -0.2) is 0 Å². The molecule has 0 rings (SSSR count). The smallest absolute Gasteiger partial charge is 0.0894 e. The average molecular weight is 431 g/mol. The Labute approximate surface area is 189 Å². The number of hydrogen-bond acceptors (Lipinski definition) is 2. The highest BCUT2D eigenvalue weighted by Gasteiger charge is 2.07. The molecule has 2 nitrogen and oxygen atoms in total. The molecule has 30 heavy (non-hydrogen) atoms. The van der Waals surface area contributed by atoms with Crippen LogP contribution in [-0.2, 0) is 9.47 Å². The molecule has 0 radical (unpaired) electrons. The Kier molecular flexibility index (Phi) is 26.8. The molecule has 0 saturated heterocycles. The molecule has 0 N–H and O–H groups in total. The van der Waals surface area contributed by atoms with Crippen LogP contribution in [0, 0.1) is 0 Å². The second kappa shape index (κ2) is 26.9. The maximum absolute atomic E-state index is 12.0. The van der Waals surface area contributed by atoms with Gasteiger partial charge in [-0.3, -0.25) is 4.39 Å². The first-order valence-electron chi connectivity index (χ1n) is 13.6. The molecular formula is C27H55FO2. The maximum Gasteiger partial charge on any atom is 0.0894 e. The number of alkyl halides is 1. The van der Waals surface area contributed by atoms with E-state index in [9.17, 15) is 4.39 Å². The third kappa shape index (κ3) is 24.1. The van der Waals surface area contributed by atoms with Gasteiger partial charge in [0.05, 0.1) is 19.4 Å². The van der Waals surface area contributed by atoms with E-state index >= 15 is 0 Å². The lowest BCUT2D eigenvalue weighted by Gasteiger charge is -2.17. The summed E-state index contributed by atoms with van der Waals surface area (Å²) in [6.07, 6.45) is 25.7. The van der Waals surface area contributed by atoms with Crippen LogP contribution in [-0.4, -0.2) is 32.6 Å². The summed E-state index contributed by atoms with van der Waals surface area (Å²) in [5, 5.41) is 0. The van der Waals surface area contributed by atoms with E-state index in [0.717, 1.165) is 45.5 Å². The van der Waals surface area contributed by atoms with E-state index < -0.39 is 0 Å². The maximum atomic E-state index is 12.0. The van der Waals surface area contributed by atoms with Crippen LogP contribution in [0.25, 0.3) is 0 Å². The highest BCUT2D eigenvalue weighted by Crippen LogP contribution is 2.14. The average Bonchev–Trinajstić information content (AvgIpc) is 2.75. The normalized spacial score (nSPS) is 12.5. The van der Waals surface area contributed by atoms with Crippen LogP contribution in [0.3, 0.4) is 0 Å². The van der Waals surface area contributed by atoms with Crippen LogP contribution in [0.5, 0.6) is 0 Å². The second-order valence-corrected chi connectivity index (χ2v) is 9.06. The number of unbranched alkanes of at least 4 members (excludes halogenated alkanes) is 16. The van der Waals surface area contributed by atoms with E-state index in [1.807, 2.05) is 0 Å². The quantitative estimate of drug-likeness (QED) is 0.127. The summed E-state index contributed by atoms with van der Waals surface area (Å²) in [6.45, 7) is 6.84. The number of halogens is 1. The minimum atomic E-state index is -0.136. The van der Waals surface area contributed by atoms with Crippen LogP contribution in [0.4, 0.5) is 4.39 Å². The lowest BCUT2D eigenvalue weighted by atomic mass is 10.0. The molecule has 1 unspecified atom stereocenters. The van der Waals surface area contributed by atoms with Gasteiger partial charge in [0.2, 0.25) is 0 Å². The zero-order chi connectivity index (χ0) is 22.0.